The molecule has 3 aromatic carbocycles. The van der Waals surface area contributed by atoms with E-state index in [0.717, 1.165) is 34.3 Å². The predicted octanol–water partition coefficient (Wildman–Crippen LogP) is 6.84. The molecule has 1 heterocycles. The summed E-state index contributed by atoms with van der Waals surface area (Å²) in [6.07, 6.45) is 0.995. The first-order chi connectivity index (χ1) is 14.5. The van der Waals surface area contributed by atoms with E-state index < -0.39 is 0 Å². The van der Waals surface area contributed by atoms with E-state index >= 15 is 0 Å². The Hall–Kier alpha value is -3.46. The van der Waals surface area contributed by atoms with Crippen LogP contribution in [0.1, 0.15) is 48.2 Å². The number of fused-ring (bicyclic) bond motifs is 1. The van der Waals surface area contributed by atoms with Crippen LogP contribution in [0.4, 0.5) is 5.69 Å². The number of carbonyl (C=O) groups is 1. The molecule has 1 amide bonds. The highest BCUT2D eigenvalue weighted by Gasteiger charge is 2.14. The maximum Gasteiger partial charge on any atom is 0.256 e. The molecule has 0 radical (unpaired) electrons. The molecule has 3 nitrogen and oxygen atoms in total. The molecule has 0 spiro atoms. The van der Waals surface area contributed by atoms with E-state index in [9.17, 15) is 4.79 Å². The Kier molecular flexibility index (Phi) is 5.62. The Morgan fingerprint density at radius 3 is 2.30 bits per heavy atom. The number of hydrogen-bond acceptors (Lipinski definition) is 2. The zero-order chi connectivity index (χ0) is 21.1. The molecule has 0 saturated heterocycles. The fourth-order valence-electron chi connectivity index (χ4n) is 3.57. The number of aromatic nitrogens is 1. The van der Waals surface area contributed by atoms with Gasteiger partial charge in [0.25, 0.3) is 5.91 Å². The molecule has 1 N–H and O–H groups in total. The topological polar surface area (TPSA) is 42.0 Å². The summed E-state index contributed by atoms with van der Waals surface area (Å²) >= 11 is 0. The number of rotatable bonds is 5. The number of nitrogens with zero attached hydrogens (tertiary/aromatic N) is 1. The van der Waals surface area contributed by atoms with Gasteiger partial charge in [0.1, 0.15) is 0 Å². The van der Waals surface area contributed by atoms with E-state index in [1.165, 1.54) is 11.1 Å². The molecular weight excluding hydrogens is 368 g/mol. The maximum absolute atomic E-state index is 13.2. The minimum absolute atomic E-state index is 0.127. The third-order valence-corrected chi connectivity index (χ3v) is 5.45. The molecule has 150 valence electrons. The van der Waals surface area contributed by atoms with Crippen LogP contribution in [0.2, 0.25) is 0 Å². The van der Waals surface area contributed by atoms with Crippen molar-refractivity contribution in [2.45, 2.75) is 33.1 Å². The fraction of sp³-hybridized carbons (Fsp3) is 0.185. The lowest BCUT2D eigenvalue weighted by atomic mass is 10.0. The highest BCUT2D eigenvalue weighted by molar-refractivity contribution is 6.13. The summed E-state index contributed by atoms with van der Waals surface area (Å²) in [6.45, 7) is 6.45. The summed E-state index contributed by atoms with van der Waals surface area (Å²) in [5.74, 6) is 0.331. The molecule has 4 aromatic rings. The van der Waals surface area contributed by atoms with Crippen molar-refractivity contribution >= 4 is 22.5 Å². The molecule has 0 unspecified atom stereocenters. The molecule has 0 aliphatic rings. The van der Waals surface area contributed by atoms with Crippen molar-refractivity contribution in [1.82, 2.24) is 4.98 Å². The van der Waals surface area contributed by atoms with Gasteiger partial charge >= 0.3 is 0 Å². The minimum Gasteiger partial charge on any atom is -0.322 e. The molecule has 30 heavy (non-hydrogen) atoms. The molecule has 4 rings (SSSR count). The summed E-state index contributed by atoms with van der Waals surface area (Å²) in [5, 5.41) is 3.90. The normalized spacial score (nSPS) is 11.1. The maximum atomic E-state index is 13.2. The van der Waals surface area contributed by atoms with Gasteiger partial charge in [0.05, 0.1) is 16.8 Å². The largest absolute Gasteiger partial charge is 0.322 e. The fourth-order valence-corrected chi connectivity index (χ4v) is 3.57. The van der Waals surface area contributed by atoms with E-state index in [-0.39, 0.29) is 5.91 Å². The smallest absolute Gasteiger partial charge is 0.256 e. The van der Waals surface area contributed by atoms with Gasteiger partial charge in [-0.15, -0.1) is 0 Å². The molecule has 0 bridgehead atoms. The summed E-state index contributed by atoms with van der Waals surface area (Å²) < 4.78 is 0. The molecule has 1 aromatic heterocycles. The van der Waals surface area contributed by atoms with Crippen molar-refractivity contribution in [3.8, 4) is 11.3 Å². The van der Waals surface area contributed by atoms with Gasteiger partial charge in [0.2, 0.25) is 0 Å². The van der Waals surface area contributed by atoms with Gasteiger partial charge in [-0.25, -0.2) is 4.98 Å². The first-order valence-corrected chi connectivity index (χ1v) is 10.5. The van der Waals surface area contributed by atoms with Crippen molar-refractivity contribution < 1.29 is 4.79 Å². The third kappa shape index (κ3) is 4.11. The quantitative estimate of drug-likeness (QED) is 0.403. The number of benzene rings is 3. The average molecular weight is 395 g/mol. The molecule has 0 atom stereocenters. The molecule has 0 fully saturated rings. The lowest BCUT2D eigenvalue weighted by Gasteiger charge is -2.12. The van der Waals surface area contributed by atoms with Crippen molar-refractivity contribution in [3.05, 3.63) is 95.6 Å². The Balaban J connectivity index is 1.72. The number of para-hydroxylation sites is 1. The minimum atomic E-state index is -0.127. The zero-order valence-corrected chi connectivity index (χ0v) is 17.6. The Morgan fingerprint density at radius 2 is 1.63 bits per heavy atom. The van der Waals surface area contributed by atoms with Gasteiger partial charge < -0.3 is 5.32 Å². The van der Waals surface area contributed by atoms with Crippen LogP contribution in [-0.4, -0.2) is 10.9 Å². The summed E-state index contributed by atoms with van der Waals surface area (Å²) in [5.41, 5.74) is 6.57. The van der Waals surface area contributed by atoms with Crippen LogP contribution in [-0.2, 0) is 6.42 Å². The summed E-state index contributed by atoms with van der Waals surface area (Å²) in [6, 6.07) is 26.1. The molecule has 3 heteroatoms. The van der Waals surface area contributed by atoms with Crippen molar-refractivity contribution in [3.63, 3.8) is 0 Å². The number of pyridine rings is 1. The van der Waals surface area contributed by atoms with E-state index in [1.807, 2.05) is 42.5 Å². The van der Waals surface area contributed by atoms with Crippen molar-refractivity contribution in [1.29, 1.82) is 0 Å². The lowest BCUT2D eigenvalue weighted by Crippen LogP contribution is -2.13. The van der Waals surface area contributed by atoms with Crippen LogP contribution in [0.25, 0.3) is 22.2 Å². The predicted molar refractivity (Wildman–Crippen MR) is 125 cm³/mol. The second kappa shape index (κ2) is 8.50. The third-order valence-electron chi connectivity index (χ3n) is 5.45. The Bertz CT molecular complexity index is 1180. The van der Waals surface area contributed by atoms with Gasteiger partial charge in [0, 0.05) is 16.6 Å². The molecule has 0 aliphatic heterocycles. The van der Waals surface area contributed by atoms with Gasteiger partial charge in [-0.3, -0.25) is 4.79 Å². The average Bonchev–Trinajstić information content (AvgIpc) is 2.78. The highest BCUT2D eigenvalue weighted by atomic mass is 16.1. The second-order valence-electron chi connectivity index (χ2n) is 7.85. The number of aryl methyl sites for hydroxylation is 1. The summed E-state index contributed by atoms with van der Waals surface area (Å²) in [4.78, 5) is 18.0. The number of nitrogens with one attached hydrogen (secondary N) is 1. The number of hydrogen-bond donors (Lipinski definition) is 1. The molecule has 0 saturated carbocycles. The highest BCUT2D eigenvalue weighted by Crippen LogP contribution is 2.26. The SMILES string of the molecule is CCc1ccc(-c2cc(C(=O)Nc3ccc(C(C)C)cc3)c3ccccc3n2)cc1. The summed E-state index contributed by atoms with van der Waals surface area (Å²) in [7, 11) is 0. The van der Waals surface area contributed by atoms with Gasteiger partial charge in [0.15, 0.2) is 0 Å². The van der Waals surface area contributed by atoms with E-state index in [2.05, 4.69) is 62.5 Å². The van der Waals surface area contributed by atoms with Crippen LogP contribution in [0.5, 0.6) is 0 Å². The van der Waals surface area contributed by atoms with Crippen LogP contribution in [0, 0.1) is 0 Å². The zero-order valence-electron chi connectivity index (χ0n) is 17.6. The second-order valence-corrected chi connectivity index (χ2v) is 7.85. The van der Waals surface area contributed by atoms with E-state index in [1.54, 1.807) is 0 Å². The van der Waals surface area contributed by atoms with Crippen molar-refractivity contribution in [2.75, 3.05) is 5.32 Å². The molecular formula is C27H26N2O. The van der Waals surface area contributed by atoms with Crippen LogP contribution in [0.3, 0.4) is 0 Å². The van der Waals surface area contributed by atoms with E-state index in [4.69, 9.17) is 4.98 Å². The molecule has 0 aliphatic carbocycles. The van der Waals surface area contributed by atoms with Gasteiger partial charge in [-0.05, 0) is 47.7 Å². The van der Waals surface area contributed by atoms with Crippen molar-refractivity contribution in [2.24, 2.45) is 0 Å². The monoisotopic (exact) mass is 394 g/mol. The lowest BCUT2D eigenvalue weighted by molar-refractivity contribution is 0.102. The Morgan fingerprint density at radius 1 is 0.933 bits per heavy atom. The number of anilines is 1. The van der Waals surface area contributed by atoms with E-state index in [0.29, 0.717) is 11.5 Å². The van der Waals surface area contributed by atoms with Crippen LogP contribution in [0.15, 0.2) is 78.9 Å². The standard InChI is InChI=1S/C27H26N2O/c1-4-19-9-11-21(12-10-19)26-17-24(23-7-5-6-8-25(23)29-26)27(30)28-22-15-13-20(14-16-22)18(2)3/h5-18H,4H2,1-3H3,(H,28,30). The number of amides is 1. The Labute approximate surface area is 177 Å². The number of carbonyl (C=O) groups excluding carboxylic acids is 1. The first-order valence-electron chi connectivity index (χ1n) is 10.5. The van der Waals surface area contributed by atoms with Crippen LogP contribution >= 0.6 is 0 Å². The first kappa shape index (κ1) is 19.8. The van der Waals surface area contributed by atoms with Gasteiger partial charge in [-0.1, -0.05) is 75.4 Å². The van der Waals surface area contributed by atoms with Gasteiger partial charge in [-0.2, -0.15) is 0 Å². The van der Waals surface area contributed by atoms with Crippen LogP contribution < -0.4 is 5.32 Å².